The standard InChI is InChI=1S/C28H40N2/c1-25(2)11-8-12-26(3)13-9-14-27(4)18-20-30-23-21-29(22-24-30)19-10-17-28-15-6-5-7-16-28/h5-7,11,13,15-16,18H,8-9,12,14,19-24H2,1-4H3/b26-13+,27-18+. The van der Waals surface area contributed by atoms with Gasteiger partial charge < -0.3 is 0 Å². The molecule has 0 atom stereocenters. The first-order valence-corrected chi connectivity index (χ1v) is 11.5. The van der Waals surface area contributed by atoms with Gasteiger partial charge in [0.1, 0.15) is 0 Å². The largest absolute Gasteiger partial charge is 0.297 e. The zero-order valence-corrected chi connectivity index (χ0v) is 19.6. The van der Waals surface area contributed by atoms with Gasteiger partial charge in [0.25, 0.3) is 0 Å². The van der Waals surface area contributed by atoms with Crippen molar-refractivity contribution in [3.63, 3.8) is 0 Å². The van der Waals surface area contributed by atoms with Crippen LogP contribution in [0, 0.1) is 11.8 Å². The molecule has 162 valence electrons. The first kappa shape index (κ1) is 24.2. The van der Waals surface area contributed by atoms with Crippen LogP contribution in [0.15, 0.2) is 65.3 Å². The van der Waals surface area contributed by atoms with Gasteiger partial charge in [0.05, 0.1) is 6.54 Å². The number of piperazine rings is 1. The van der Waals surface area contributed by atoms with Crippen LogP contribution in [0.3, 0.4) is 0 Å². The van der Waals surface area contributed by atoms with Crippen LogP contribution in [0.1, 0.15) is 58.9 Å². The maximum absolute atomic E-state index is 3.32. The highest BCUT2D eigenvalue weighted by atomic mass is 15.3. The molecule has 1 fully saturated rings. The van der Waals surface area contributed by atoms with E-state index in [1.807, 2.05) is 18.2 Å². The number of allylic oxidation sites excluding steroid dienone is 5. The van der Waals surface area contributed by atoms with Gasteiger partial charge in [0.15, 0.2) is 0 Å². The Kier molecular flexibility index (Phi) is 11.3. The summed E-state index contributed by atoms with van der Waals surface area (Å²) in [5.41, 5.74) is 5.56. The van der Waals surface area contributed by atoms with Gasteiger partial charge in [0, 0.05) is 38.3 Å². The van der Waals surface area contributed by atoms with Crippen LogP contribution < -0.4 is 0 Å². The molecule has 1 aliphatic rings. The molecule has 0 N–H and O–H groups in total. The highest BCUT2D eigenvalue weighted by molar-refractivity contribution is 5.33. The number of benzene rings is 1. The van der Waals surface area contributed by atoms with Crippen LogP contribution in [0.5, 0.6) is 0 Å². The molecule has 0 spiro atoms. The van der Waals surface area contributed by atoms with E-state index in [-0.39, 0.29) is 0 Å². The Labute approximate surface area is 185 Å². The Morgan fingerprint density at radius 3 is 2.07 bits per heavy atom. The predicted molar refractivity (Wildman–Crippen MR) is 132 cm³/mol. The molecule has 1 aromatic rings. The van der Waals surface area contributed by atoms with E-state index in [1.54, 1.807) is 0 Å². The van der Waals surface area contributed by atoms with Gasteiger partial charge in [-0.15, -0.1) is 0 Å². The number of nitrogens with zero attached hydrogens (tertiary/aromatic N) is 2. The zero-order chi connectivity index (χ0) is 21.6. The molecule has 30 heavy (non-hydrogen) atoms. The second-order valence-corrected chi connectivity index (χ2v) is 8.70. The molecule has 0 amide bonds. The minimum Gasteiger partial charge on any atom is -0.297 e. The third kappa shape index (κ3) is 10.6. The summed E-state index contributed by atoms with van der Waals surface area (Å²) >= 11 is 0. The van der Waals surface area contributed by atoms with E-state index < -0.39 is 0 Å². The van der Waals surface area contributed by atoms with Gasteiger partial charge in [-0.3, -0.25) is 9.80 Å². The monoisotopic (exact) mass is 404 g/mol. The zero-order valence-electron chi connectivity index (χ0n) is 19.6. The molecule has 0 unspecified atom stereocenters. The summed E-state index contributed by atoms with van der Waals surface area (Å²) in [5.74, 6) is 6.59. The second-order valence-electron chi connectivity index (χ2n) is 8.70. The average molecular weight is 405 g/mol. The van der Waals surface area contributed by atoms with E-state index >= 15 is 0 Å². The molecule has 2 heteroatoms. The van der Waals surface area contributed by atoms with Crippen molar-refractivity contribution in [2.45, 2.75) is 53.4 Å². The Morgan fingerprint density at radius 1 is 0.800 bits per heavy atom. The summed E-state index contributed by atoms with van der Waals surface area (Å²) in [7, 11) is 0. The van der Waals surface area contributed by atoms with E-state index in [0.717, 1.165) is 51.3 Å². The molecule has 2 nitrogen and oxygen atoms in total. The third-order valence-electron chi connectivity index (χ3n) is 5.59. The van der Waals surface area contributed by atoms with Crippen molar-refractivity contribution >= 4 is 0 Å². The minimum atomic E-state index is 0.872. The van der Waals surface area contributed by atoms with Gasteiger partial charge in [-0.1, -0.05) is 65.0 Å². The van der Waals surface area contributed by atoms with E-state index in [9.17, 15) is 0 Å². The van der Waals surface area contributed by atoms with E-state index in [4.69, 9.17) is 0 Å². The Balaban J connectivity index is 1.62. The minimum absolute atomic E-state index is 0.872. The van der Waals surface area contributed by atoms with E-state index in [0.29, 0.717) is 0 Å². The molecule has 1 aromatic carbocycles. The highest BCUT2D eigenvalue weighted by Crippen LogP contribution is 2.12. The molecule has 0 aliphatic carbocycles. The molecule has 1 heterocycles. The van der Waals surface area contributed by atoms with Crippen LogP contribution in [-0.2, 0) is 0 Å². The Bertz CT molecular complexity index is 762. The summed E-state index contributed by atoms with van der Waals surface area (Å²) < 4.78 is 0. The topological polar surface area (TPSA) is 6.48 Å². The average Bonchev–Trinajstić information content (AvgIpc) is 2.74. The normalized spacial score (nSPS) is 16.1. The lowest BCUT2D eigenvalue weighted by Gasteiger charge is -2.33. The van der Waals surface area contributed by atoms with Crippen molar-refractivity contribution in [3.05, 3.63) is 70.8 Å². The first-order chi connectivity index (χ1) is 14.5. The summed E-state index contributed by atoms with van der Waals surface area (Å²) in [4.78, 5) is 5.02. The lowest BCUT2D eigenvalue weighted by molar-refractivity contribution is 0.155. The SMILES string of the molecule is CC(C)=CCC/C(C)=C/CC/C(C)=C/CN1CCN(CC#Cc2ccccc2)CC1. The van der Waals surface area contributed by atoms with Crippen molar-refractivity contribution in [2.24, 2.45) is 0 Å². The summed E-state index contributed by atoms with van der Waals surface area (Å²) in [6.07, 6.45) is 11.9. The van der Waals surface area contributed by atoms with Crippen LogP contribution in [-0.4, -0.2) is 49.1 Å². The molecule has 2 rings (SSSR count). The fraction of sp³-hybridized carbons (Fsp3) is 0.500. The van der Waals surface area contributed by atoms with Crippen molar-refractivity contribution in [1.82, 2.24) is 9.80 Å². The van der Waals surface area contributed by atoms with Gasteiger partial charge in [0.2, 0.25) is 0 Å². The first-order valence-electron chi connectivity index (χ1n) is 11.5. The summed E-state index contributed by atoms with van der Waals surface area (Å²) in [6.45, 7) is 15.4. The lowest BCUT2D eigenvalue weighted by Crippen LogP contribution is -2.46. The fourth-order valence-electron chi connectivity index (χ4n) is 3.53. The second kappa shape index (κ2) is 14.0. The molecule has 0 radical (unpaired) electrons. The molecule has 0 saturated carbocycles. The molecular weight excluding hydrogens is 364 g/mol. The molecule has 0 bridgehead atoms. The molecular formula is C28H40N2. The number of rotatable bonds is 9. The van der Waals surface area contributed by atoms with Gasteiger partial charge in [-0.25, -0.2) is 0 Å². The Hall–Kier alpha value is -2.08. The van der Waals surface area contributed by atoms with Crippen LogP contribution in [0.4, 0.5) is 0 Å². The summed E-state index contributed by atoms with van der Waals surface area (Å²) in [5, 5.41) is 0. The van der Waals surface area contributed by atoms with E-state index in [2.05, 4.69) is 79.7 Å². The number of hydrogen-bond donors (Lipinski definition) is 0. The van der Waals surface area contributed by atoms with E-state index in [1.165, 1.54) is 36.0 Å². The maximum atomic E-state index is 3.32. The fourth-order valence-corrected chi connectivity index (χ4v) is 3.53. The van der Waals surface area contributed by atoms with Gasteiger partial charge in [-0.2, -0.15) is 0 Å². The predicted octanol–water partition coefficient (Wildman–Crippen LogP) is 6.07. The molecule has 1 aliphatic heterocycles. The van der Waals surface area contributed by atoms with Crippen molar-refractivity contribution < 1.29 is 0 Å². The van der Waals surface area contributed by atoms with Crippen molar-refractivity contribution in [3.8, 4) is 11.8 Å². The molecule has 1 saturated heterocycles. The molecule has 0 aromatic heterocycles. The third-order valence-corrected chi connectivity index (χ3v) is 5.59. The van der Waals surface area contributed by atoms with Crippen LogP contribution in [0.2, 0.25) is 0 Å². The van der Waals surface area contributed by atoms with Crippen molar-refractivity contribution in [2.75, 3.05) is 39.3 Å². The smallest absolute Gasteiger partial charge is 0.0606 e. The highest BCUT2D eigenvalue weighted by Gasteiger charge is 2.14. The summed E-state index contributed by atoms with van der Waals surface area (Å²) in [6, 6.07) is 10.3. The maximum Gasteiger partial charge on any atom is 0.0606 e. The van der Waals surface area contributed by atoms with Crippen molar-refractivity contribution in [1.29, 1.82) is 0 Å². The van der Waals surface area contributed by atoms with Gasteiger partial charge in [-0.05, 0) is 65.5 Å². The van der Waals surface area contributed by atoms with Gasteiger partial charge >= 0.3 is 0 Å². The lowest BCUT2D eigenvalue weighted by atomic mass is 10.1. The quantitative estimate of drug-likeness (QED) is 0.364. The number of hydrogen-bond acceptors (Lipinski definition) is 2. The Morgan fingerprint density at radius 2 is 1.40 bits per heavy atom. The van der Waals surface area contributed by atoms with Crippen LogP contribution >= 0.6 is 0 Å². The van der Waals surface area contributed by atoms with Crippen LogP contribution in [0.25, 0.3) is 0 Å².